The molecule has 1 unspecified atom stereocenters. The lowest BCUT2D eigenvalue weighted by molar-refractivity contribution is 0.0656. The molecule has 1 N–H and O–H groups in total. The maximum atomic E-state index is 13.9. The van der Waals surface area contributed by atoms with Crippen LogP contribution in [0.5, 0.6) is 5.75 Å². The first-order valence-corrected chi connectivity index (χ1v) is 9.97. The van der Waals surface area contributed by atoms with Gasteiger partial charge in [-0.05, 0) is 29.2 Å². The minimum Gasteiger partial charge on any atom is -0.491 e. The Morgan fingerprint density at radius 3 is 2.20 bits per heavy atom. The molecule has 1 heterocycles. The summed E-state index contributed by atoms with van der Waals surface area (Å²) in [6.45, 7) is 10.4. The summed E-state index contributed by atoms with van der Waals surface area (Å²) < 4.78 is 19.9. The van der Waals surface area contributed by atoms with Gasteiger partial charge in [0.25, 0.3) is 0 Å². The average molecular weight is 459 g/mol. The Balaban J connectivity index is 0.00000225. The minimum absolute atomic E-state index is 0. The van der Waals surface area contributed by atoms with E-state index < -0.39 is 6.10 Å². The van der Waals surface area contributed by atoms with E-state index in [2.05, 4.69) is 36.6 Å². The molecule has 2 aromatic rings. The maximum Gasteiger partial charge on any atom is 0.146 e. The number of para-hydroxylation sites is 2. The van der Waals surface area contributed by atoms with Crippen LogP contribution in [0.25, 0.3) is 0 Å². The van der Waals surface area contributed by atoms with Crippen LogP contribution in [-0.2, 0) is 5.41 Å². The van der Waals surface area contributed by atoms with Crippen LogP contribution in [0.15, 0.2) is 48.5 Å². The standard InChI is InChI=1S/C23H31FN2O2.2ClH/c1-23(2,3)19-8-4-7-11-22(19)28-17-18(27)16-25-12-14-26(15-13-25)21-10-6-5-9-20(21)24;;/h4-11,18,27H,12-17H2,1-3H3;2*1H. The zero-order chi connectivity index (χ0) is 20.1. The number of halogens is 3. The Kier molecular flexibility index (Phi) is 10.4. The number of anilines is 1. The van der Waals surface area contributed by atoms with Crippen LogP contribution < -0.4 is 9.64 Å². The summed E-state index contributed by atoms with van der Waals surface area (Å²) in [7, 11) is 0. The zero-order valence-electron chi connectivity index (χ0n) is 17.9. The summed E-state index contributed by atoms with van der Waals surface area (Å²) >= 11 is 0. The van der Waals surface area contributed by atoms with Gasteiger partial charge in [-0.15, -0.1) is 24.8 Å². The molecule has 0 radical (unpaired) electrons. The quantitative estimate of drug-likeness (QED) is 0.689. The van der Waals surface area contributed by atoms with Crippen LogP contribution in [0, 0.1) is 5.82 Å². The van der Waals surface area contributed by atoms with Crippen LogP contribution >= 0.6 is 24.8 Å². The lowest BCUT2D eigenvalue weighted by atomic mass is 9.86. The molecule has 3 rings (SSSR count). The first-order valence-electron chi connectivity index (χ1n) is 9.97. The number of hydrogen-bond donors (Lipinski definition) is 1. The van der Waals surface area contributed by atoms with Gasteiger partial charge in [0.1, 0.15) is 24.3 Å². The van der Waals surface area contributed by atoms with Gasteiger partial charge in [-0.25, -0.2) is 4.39 Å². The summed E-state index contributed by atoms with van der Waals surface area (Å²) in [5.74, 6) is 0.653. The molecule has 1 atom stereocenters. The zero-order valence-corrected chi connectivity index (χ0v) is 19.5. The number of ether oxygens (including phenoxy) is 1. The molecule has 0 saturated carbocycles. The van der Waals surface area contributed by atoms with Gasteiger partial charge < -0.3 is 14.7 Å². The third-order valence-corrected chi connectivity index (χ3v) is 5.16. The molecule has 30 heavy (non-hydrogen) atoms. The van der Waals surface area contributed by atoms with Crippen LogP contribution in [0.2, 0.25) is 0 Å². The first kappa shape index (κ1) is 26.5. The van der Waals surface area contributed by atoms with E-state index in [0.29, 0.717) is 12.2 Å². The second kappa shape index (κ2) is 11.8. The number of piperazine rings is 1. The van der Waals surface area contributed by atoms with E-state index in [-0.39, 0.29) is 42.7 Å². The highest BCUT2D eigenvalue weighted by Crippen LogP contribution is 2.31. The van der Waals surface area contributed by atoms with Gasteiger partial charge in [-0.2, -0.15) is 0 Å². The van der Waals surface area contributed by atoms with E-state index in [1.165, 1.54) is 6.07 Å². The Morgan fingerprint density at radius 2 is 1.57 bits per heavy atom. The number of aliphatic hydroxyl groups excluding tert-OH is 1. The summed E-state index contributed by atoms with van der Waals surface area (Å²) in [5.41, 5.74) is 1.79. The highest BCUT2D eigenvalue weighted by atomic mass is 35.5. The van der Waals surface area contributed by atoms with E-state index in [1.807, 2.05) is 30.3 Å². The van der Waals surface area contributed by atoms with Gasteiger partial charge in [-0.1, -0.05) is 51.1 Å². The molecular weight excluding hydrogens is 426 g/mol. The van der Waals surface area contributed by atoms with E-state index in [0.717, 1.165) is 37.5 Å². The molecule has 1 aliphatic heterocycles. The molecular formula is C23H33Cl2FN2O2. The van der Waals surface area contributed by atoms with Crippen molar-refractivity contribution in [1.82, 2.24) is 4.90 Å². The van der Waals surface area contributed by atoms with Crippen molar-refractivity contribution in [2.45, 2.75) is 32.3 Å². The molecule has 4 nitrogen and oxygen atoms in total. The predicted octanol–water partition coefficient (Wildman–Crippen LogP) is 4.53. The predicted molar refractivity (Wildman–Crippen MR) is 126 cm³/mol. The van der Waals surface area contributed by atoms with Crippen LogP contribution in [-0.4, -0.2) is 55.4 Å². The molecule has 7 heteroatoms. The molecule has 0 amide bonds. The van der Waals surface area contributed by atoms with Gasteiger partial charge in [0.2, 0.25) is 0 Å². The summed E-state index contributed by atoms with van der Waals surface area (Å²) in [6, 6.07) is 14.9. The van der Waals surface area contributed by atoms with Crippen LogP contribution in [0.3, 0.4) is 0 Å². The summed E-state index contributed by atoms with van der Waals surface area (Å²) in [4.78, 5) is 4.27. The number of β-amino-alcohol motifs (C(OH)–C–C–N with tert-alkyl or cyclic N) is 1. The topological polar surface area (TPSA) is 35.9 Å². The molecule has 0 aliphatic carbocycles. The SMILES string of the molecule is CC(C)(C)c1ccccc1OCC(O)CN1CCN(c2ccccc2F)CC1.Cl.Cl. The molecule has 1 saturated heterocycles. The summed E-state index contributed by atoms with van der Waals surface area (Å²) in [6.07, 6.45) is -0.562. The van der Waals surface area contributed by atoms with Crippen molar-refractivity contribution in [2.24, 2.45) is 0 Å². The first-order chi connectivity index (χ1) is 13.3. The largest absolute Gasteiger partial charge is 0.491 e. The number of rotatable bonds is 6. The Labute approximate surface area is 191 Å². The minimum atomic E-state index is -0.562. The second-order valence-electron chi connectivity index (χ2n) is 8.45. The van der Waals surface area contributed by atoms with E-state index in [1.54, 1.807) is 6.07 Å². The lowest BCUT2D eigenvalue weighted by Crippen LogP contribution is -2.49. The fourth-order valence-electron chi connectivity index (χ4n) is 3.63. The molecule has 1 fully saturated rings. The number of nitrogens with zero attached hydrogens (tertiary/aromatic N) is 2. The van der Waals surface area contributed by atoms with Gasteiger partial charge in [0.05, 0.1) is 5.69 Å². The molecule has 0 spiro atoms. The monoisotopic (exact) mass is 458 g/mol. The number of aliphatic hydroxyl groups is 1. The van der Waals surface area contributed by atoms with Crippen molar-refractivity contribution in [2.75, 3.05) is 44.2 Å². The fourth-order valence-corrected chi connectivity index (χ4v) is 3.63. The number of hydrogen-bond acceptors (Lipinski definition) is 4. The highest BCUT2D eigenvalue weighted by molar-refractivity contribution is 5.85. The second-order valence-corrected chi connectivity index (χ2v) is 8.45. The highest BCUT2D eigenvalue weighted by Gasteiger charge is 2.22. The van der Waals surface area contributed by atoms with Crippen molar-refractivity contribution >= 4 is 30.5 Å². The van der Waals surface area contributed by atoms with Crippen molar-refractivity contribution in [1.29, 1.82) is 0 Å². The molecule has 0 aromatic heterocycles. The van der Waals surface area contributed by atoms with Crippen LogP contribution in [0.1, 0.15) is 26.3 Å². The van der Waals surface area contributed by atoms with Crippen molar-refractivity contribution < 1.29 is 14.2 Å². The van der Waals surface area contributed by atoms with Crippen LogP contribution in [0.4, 0.5) is 10.1 Å². The molecule has 0 bridgehead atoms. The van der Waals surface area contributed by atoms with E-state index in [9.17, 15) is 9.50 Å². The maximum absolute atomic E-state index is 13.9. The average Bonchev–Trinajstić information content (AvgIpc) is 2.67. The Hall–Kier alpha value is -1.53. The third-order valence-electron chi connectivity index (χ3n) is 5.16. The normalized spacial score (nSPS) is 15.7. The molecule has 168 valence electrons. The fraction of sp³-hybridized carbons (Fsp3) is 0.478. The van der Waals surface area contributed by atoms with Crippen molar-refractivity contribution in [3.63, 3.8) is 0 Å². The van der Waals surface area contributed by atoms with Crippen molar-refractivity contribution in [3.05, 3.63) is 59.9 Å². The molecule has 1 aliphatic rings. The number of benzene rings is 2. The van der Waals surface area contributed by atoms with Gasteiger partial charge in [-0.3, -0.25) is 4.90 Å². The van der Waals surface area contributed by atoms with Crippen molar-refractivity contribution in [3.8, 4) is 5.75 Å². The lowest BCUT2D eigenvalue weighted by Gasteiger charge is -2.37. The Bertz CT molecular complexity index is 778. The van der Waals surface area contributed by atoms with Gasteiger partial charge in [0, 0.05) is 32.7 Å². The molecule has 2 aromatic carbocycles. The van der Waals surface area contributed by atoms with E-state index >= 15 is 0 Å². The third kappa shape index (κ3) is 7.02. The van der Waals surface area contributed by atoms with Gasteiger partial charge in [0.15, 0.2) is 0 Å². The smallest absolute Gasteiger partial charge is 0.146 e. The van der Waals surface area contributed by atoms with E-state index in [4.69, 9.17) is 4.74 Å². The Morgan fingerprint density at radius 1 is 0.967 bits per heavy atom. The summed E-state index contributed by atoms with van der Waals surface area (Å²) in [5, 5.41) is 10.4. The van der Waals surface area contributed by atoms with Gasteiger partial charge >= 0.3 is 0 Å².